The standard InChI is InChI=1S/C21H23NO5/c1-3-26-19-12-8-7-11-17(19)21(25)27-14-20(24)22-18(15(2)23)13-16-9-5-4-6-10-16/h4-12,18H,3,13-14H2,1-2H3,(H,22,24)/t18-/m0/s1. The Bertz CT molecular complexity index is 788. The zero-order chi connectivity index (χ0) is 19.6. The quantitative estimate of drug-likeness (QED) is 0.687. The fourth-order valence-electron chi connectivity index (χ4n) is 2.51. The van der Waals surface area contributed by atoms with Crippen LogP contribution >= 0.6 is 0 Å². The Morgan fingerprint density at radius 1 is 1.00 bits per heavy atom. The first kappa shape index (κ1) is 20.2. The molecule has 0 aromatic heterocycles. The molecule has 0 spiro atoms. The maximum absolute atomic E-state index is 12.2. The highest BCUT2D eigenvalue weighted by molar-refractivity contribution is 5.94. The van der Waals surface area contributed by atoms with Crippen molar-refractivity contribution in [2.24, 2.45) is 0 Å². The molecular weight excluding hydrogens is 346 g/mol. The van der Waals surface area contributed by atoms with Crippen LogP contribution in [0.4, 0.5) is 0 Å². The molecule has 0 aliphatic carbocycles. The third-order valence-corrected chi connectivity index (χ3v) is 3.85. The van der Waals surface area contributed by atoms with E-state index in [1.165, 1.54) is 6.92 Å². The fourth-order valence-corrected chi connectivity index (χ4v) is 2.51. The van der Waals surface area contributed by atoms with E-state index in [0.717, 1.165) is 5.56 Å². The van der Waals surface area contributed by atoms with Gasteiger partial charge in [0.15, 0.2) is 12.4 Å². The molecule has 0 saturated heterocycles. The van der Waals surface area contributed by atoms with Gasteiger partial charge in [-0.15, -0.1) is 0 Å². The van der Waals surface area contributed by atoms with E-state index in [9.17, 15) is 14.4 Å². The zero-order valence-electron chi connectivity index (χ0n) is 15.4. The zero-order valence-corrected chi connectivity index (χ0v) is 15.4. The molecule has 0 fully saturated rings. The first-order valence-electron chi connectivity index (χ1n) is 8.74. The first-order valence-corrected chi connectivity index (χ1v) is 8.74. The molecule has 2 aromatic rings. The molecule has 1 N–H and O–H groups in total. The van der Waals surface area contributed by atoms with E-state index in [4.69, 9.17) is 9.47 Å². The average molecular weight is 369 g/mol. The monoisotopic (exact) mass is 369 g/mol. The molecule has 0 heterocycles. The highest BCUT2D eigenvalue weighted by Gasteiger charge is 2.20. The van der Waals surface area contributed by atoms with E-state index in [1.807, 2.05) is 37.3 Å². The molecule has 27 heavy (non-hydrogen) atoms. The molecule has 0 bridgehead atoms. The summed E-state index contributed by atoms with van der Waals surface area (Å²) in [5.41, 5.74) is 1.18. The maximum atomic E-state index is 12.2. The van der Waals surface area contributed by atoms with Crippen molar-refractivity contribution in [1.82, 2.24) is 5.32 Å². The molecule has 0 unspecified atom stereocenters. The summed E-state index contributed by atoms with van der Waals surface area (Å²) in [6.07, 6.45) is 0.378. The predicted octanol–water partition coefficient (Wildman–Crippen LogP) is 2.56. The summed E-state index contributed by atoms with van der Waals surface area (Å²) >= 11 is 0. The van der Waals surface area contributed by atoms with Crippen LogP contribution in [0.3, 0.4) is 0 Å². The molecule has 142 valence electrons. The molecule has 1 atom stereocenters. The molecule has 6 nitrogen and oxygen atoms in total. The van der Waals surface area contributed by atoms with Gasteiger partial charge in [0.1, 0.15) is 11.3 Å². The molecule has 0 radical (unpaired) electrons. The number of hydrogen-bond donors (Lipinski definition) is 1. The lowest BCUT2D eigenvalue weighted by Crippen LogP contribution is -2.43. The largest absolute Gasteiger partial charge is 0.493 e. The minimum Gasteiger partial charge on any atom is -0.493 e. The molecular formula is C21H23NO5. The fraction of sp³-hybridized carbons (Fsp3) is 0.286. The van der Waals surface area contributed by atoms with E-state index in [1.54, 1.807) is 24.3 Å². The van der Waals surface area contributed by atoms with Gasteiger partial charge in [0.2, 0.25) is 0 Å². The number of nitrogens with one attached hydrogen (secondary N) is 1. The average Bonchev–Trinajstić information content (AvgIpc) is 2.67. The number of benzene rings is 2. The summed E-state index contributed by atoms with van der Waals surface area (Å²) in [5.74, 6) is -0.957. The number of Topliss-reactive ketones (excluding diaryl/α,β-unsaturated/α-hetero) is 1. The van der Waals surface area contributed by atoms with Crippen LogP contribution in [0.5, 0.6) is 5.75 Å². The van der Waals surface area contributed by atoms with Gasteiger partial charge < -0.3 is 14.8 Å². The third-order valence-electron chi connectivity index (χ3n) is 3.85. The molecule has 0 aliphatic heterocycles. The van der Waals surface area contributed by atoms with Crippen molar-refractivity contribution < 1.29 is 23.9 Å². The number of hydrogen-bond acceptors (Lipinski definition) is 5. The van der Waals surface area contributed by atoms with E-state index in [-0.39, 0.29) is 11.3 Å². The van der Waals surface area contributed by atoms with Gasteiger partial charge in [0, 0.05) is 0 Å². The van der Waals surface area contributed by atoms with Gasteiger partial charge in [-0.1, -0.05) is 42.5 Å². The molecule has 0 saturated carbocycles. The second-order valence-corrected chi connectivity index (χ2v) is 5.93. The van der Waals surface area contributed by atoms with Crippen molar-refractivity contribution in [2.45, 2.75) is 26.3 Å². The second kappa shape index (κ2) is 10.1. The molecule has 1 amide bonds. The number of ether oxygens (including phenoxy) is 2. The van der Waals surface area contributed by atoms with Crippen molar-refractivity contribution >= 4 is 17.7 Å². The third kappa shape index (κ3) is 6.26. The minimum absolute atomic E-state index is 0.166. The summed E-state index contributed by atoms with van der Waals surface area (Å²) < 4.78 is 10.4. The molecule has 2 aromatic carbocycles. The second-order valence-electron chi connectivity index (χ2n) is 5.93. The lowest BCUT2D eigenvalue weighted by molar-refractivity contribution is -0.128. The lowest BCUT2D eigenvalue weighted by Gasteiger charge is -2.16. The van der Waals surface area contributed by atoms with Crippen molar-refractivity contribution in [2.75, 3.05) is 13.2 Å². The number of carbonyl (C=O) groups is 3. The highest BCUT2D eigenvalue weighted by atomic mass is 16.5. The summed E-state index contributed by atoms with van der Waals surface area (Å²) in [7, 11) is 0. The first-order chi connectivity index (χ1) is 13.0. The number of amides is 1. The summed E-state index contributed by atoms with van der Waals surface area (Å²) in [5, 5.41) is 2.61. The summed E-state index contributed by atoms with van der Waals surface area (Å²) in [6, 6.07) is 15.4. The van der Waals surface area contributed by atoms with Crippen LogP contribution in [-0.4, -0.2) is 36.9 Å². The van der Waals surface area contributed by atoms with Crippen LogP contribution in [0.2, 0.25) is 0 Å². The normalized spacial score (nSPS) is 11.3. The van der Waals surface area contributed by atoms with Gasteiger partial charge in [-0.05, 0) is 38.0 Å². The smallest absolute Gasteiger partial charge is 0.342 e. The van der Waals surface area contributed by atoms with E-state index < -0.39 is 24.5 Å². The summed E-state index contributed by atoms with van der Waals surface area (Å²) in [6.45, 7) is 3.16. The molecule has 6 heteroatoms. The predicted molar refractivity (Wildman–Crippen MR) is 101 cm³/mol. The van der Waals surface area contributed by atoms with Crippen molar-refractivity contribution in [3.8, 4) is 5.75 Å². The Balaban J connectivity index is 1.92. The van der Waals surface area contributed by atoms with Gasteiger partial charge in [0.05, 0.1) is 12.6 Å². The Morgan fingerprint density at radius 2 is 1.67 bits per heavy atom. The topological polar surface area (TPSA) is 81.7 Å². The minimum atomic E-state index is -0.672. The van der Waals surface area contributed by atoms with Gasteiger partial charge in [0.25, 0.3) is 5.91 Å². The van der Waals surface area contributed by atoms with Crippen LogP contribution in [-0.2, 0) is 20.7 Å². The lowest BCUT2D eigenvalue weighted by atomic mass is 10.0. The van der Waals surface area contributed by atoms with Crippen LogP contribution < -0.4 is 10.1 Å². The van der Waals surface area contributed by atoms with Crippen molar-refractivity contribution in [3.05, 3.63) is 65.7 Å². The van der Waals surface area contributed by atoms with E-state index in [0.29, 0.717) is 18.8 Å². The van der Waals surface area contributed by atoms with Gasteiger partial charge in [-0.3, -0.25) is 9.59 Å². The van der Waals surface area contributed by atoms with Crippen LogP contribution in [0.1, 0.15) is 29.8 Å². The van der Waals surface area contributed by atoms with Crippen LogP contribution in [0.25, 0.3) is 0 Å². The van der Waals surface area contributed by atoms with E-state index >= 15 is 0 Å². The summed E-state index contributed by atoms with van der Waals surface area (Å²) in [4.78, 5) is 36.1. The SMILES string of the molecule is CCOc1ccccc1C(=O)OCC(=O)N[C@@H](Cc1ccccc1)C(C)=O. The van der Waals surface area contributed by atoms with Crippen LogP contribution in [0.15, 0.2) is 54.6 Å². The number of esters is 1. The van der Waals surface area contributed by atoms with Gasteiger partial charge in [-0.25, -0.2) is 4.79 Å². The molecule has 2 rings (SSSR count). The Hall–Kier alpha value is -3.15. The Morgan fingerprint density at radius 3 is 2.33 bits per heavy atom. The highest BCUT2D eigenvalue weighted by Crippen LogP contribution is 2.18. The Labute approximate surface area is 158 Å². The maximum Gasteiger partial charge on any atom is 0.342 e. The number of ketones is 1. The Kier molecular flexibility index (Phi) is 7.55. The van der Waals surface area contributed by atoms with Crippen molar-refractivity contribution in [3.63, 3.8) is 0 Å². The molecule has 0 aliphatic rings. The number of para-hydroxylation sites is 1. The van der Waals surface area contributed by atoms with Crippen LogP contribution in [0, 0.1) is 0 Å². The van der Waals surface area contributed by atoms with E-state index in [2.05, 4.69) is 5.32 Å². The number of carbonyl (C=O) groups excluding carboxylic acids is 3. The number of rotatable bonds is 9. The van der Waals surface area contributed by atoms with Gasteiger partial charge in [-0.2, -0.15) is 0 Å². The van der Waals surface area contributed by atoms with Crippen molar-refractivity contribution in [1.29, 1.82) is 0 Å². The van der Waals surface area contributed by atoms with Gasteiger partial charge >= 0.3 is 5.97 Å².